The van der Waals surface area contributed by atoms with E-state index in [1.54, 1.807) is 4.31 Å². The Morgan fingerprint density at radius 2 is 2.00 bits per heavy atom. The molecule has 0 heterocycles. The second kappa shape index (κ2) is 4.86. The van der Waals surface area contributed by atoms with Crippen molar-refractivity contribution in [3.05, 3.63) is 0 Å². The van der Waals surface area contributed by atoms with E-state index in [2.05, 4.69) is 4.72 Å². The van der Waals surface area contributed by atoms with Gasteiger partial charge in [-0.1, -0.05) is 6.92 Å². The fourth-order valence-electron chi connectivity index (χ4n) is 2.33. The van der Waals surface area contributed by atoms with E-state index in [1.165, 1.54) is 12.8 Å². The van der Waals surface area contributed by atoms with Gasteiger partial charge in [0.25, 0.3) is 10.2 Å². The molecule has 4 nitrogen and oxygen atoms in total. The smallest absolute Gasteiger partial charge is 0.196 e. The highest BCUT2D eigenvalue weighted by Gasteiger charge is 2.38. The summed E-state index contributed by atoms with van der Waals surface area (Å²) in [6, 6.07) is 0. The molecular formula is C12H24N2O2S. The predicted molar refractivity (Wildman–Crippen MR) is 68.9 cm³/mol. The lowest BCUT2D eigenvalue weighted by molar-refractivity contribution is 0.239. The molecule has 100 valence electrons. The van der Waals surface area contributed by atoms with Gasteiger partial charge in [0.1, 0.15) is 0 Å². The maximum atomic E-state index is 12.3. The summed E-state index contributed by atoms with van der Waals surface area (Å²) in [5, 5.41) is 0. The molecule has 0 bridgehead atoms. The molecule has 0 spiro atoms. The molecule has 0 radical (unpaired) electrons. The average molecular weight is 260 g/mol. The number of hydrogen-bond donors (Lipinski definition) is 1. The molecule has 2 aliphatic rings. The maximum Gasteiger partial charge on any atom is 0.279 e. The minimum Gasteiger partial charge on any atom is -0.196 e. The van der Waals surface area contributed by atoms with Crippen LogP contribution in [0.5, 0.6) is 0 Å². The van der Waals surface area contributed by atoms with E-state index in [4.69, 9.17) is 0 Å². The molecule has 0 unspecified atom stereocenters. The summed E-state index contributed by atoms with van der Waals surface area (Å²) < 4.78 is 29.1. The van der Waals surface area contributed by atoms with Crippen LogP contribution in [0.4, 0.5) is 0 Å². The summed E-state index contributed by atoms with van der Waals surface area (Å²) in [4.78, 5) is 0. The van der Waals surface area contributed by atoms with Gasteiger partial charge in [0, 0.05) is 18.6 Å². The molecule has 2 saturated carbocycles. The van der Waals surface area contributed by atoms with E-state index in [9.17, 15) is 8.42 Å². The molecule has 0 aliphatic heterocycles. The van der Waals surface area contributed by atoms with E-state index < -0.39 is 10.2 Å². The fourth-order valence-corrected chi connectivity index (χ4v) is 4.12. The topological polar surface area (TPSA) is 49.4 Å². The van der Waals surface area contributed by atoms with Crippen molar-refractivity contribution in [1.82, 2.24) is 9.03 Å². The summed E-state index contributed by atoms with van der Waals surface area (Å²) in [5.41, 5.74) is -0.186. The molecule has 1 N–H and O–H groups in total. The third-order valence-corrected chi connectivity index (χ3v) is 5.57. The van der Waals surface area contributed by atoms with Crippen LogP contribution in [0, 0.1) is 5.92 Å². The first kappa shape index (κ1) is 13.3. The van der Waals surface area contributed by atoms with Crippen LogP contribution in [-0.4, -0.2) is 31.4 Å². The van der Waals surface area contributed by atoms with Crippen LogP contribution < -0.4 is 4.72 Å². The minimum atomic E-state index is -3.27. The van der Waals surface area contributed by atoms with Crippen molar-refractivity contribution in [3.63, 3.8) is 0 Å². The molecule has 0 aromatic rings. The third-order valence-electron chi connectivity index (χ3n) is 3.80. The van der Waals surface area contributed by atoms with Gasteiger partial charge in [-0.05, 0) is 51.4 Å². The summed E-state index contributed by atoms with van der Waals surface area (Å²) >= 11 is 0. The highest BCUT2D eigenvalue weighted by Crippen LogP contribution is 2.33. The molecule has 0 aromatic carbocycles. The van der Waals surface area contributed by atoms with Gasteiger partial charge in [-0.2, -0.15) is 17.4 Å². The van der Waals surface area contributed by atoms with Gasteiger partial charge in [-0.15, -0.1) is 0 Å². The van der Waals surface area contributed by atoms with Crippen LogP contribution in [-0.2, 0) is 10.2 Å². The van der Waals surface area contributed by atoms with Crippen LogP contribution >= 0.6 is 0 Å². The predicted octanol–water partition coefficient (Wildman–Crippen LogP) is 1.89. The first-order valence-corrected chi connectivity index (χ1v) is 8.18. The molecule has 2 rings (SSSR count). The Morgan fingerprint density at radius 3 is 2.41 bits per heavy atom. The van der Waals surface area contributed by atoms with Gasteiger partial charge in [0.2, 0.25) is 0 Å². The van der Waals surface area contributed by atoms with Crippen molar-refractivity contribution in [2.45, 2.75) is 57.9 Å². The lowest BCUT2D eigenvalue weighted by atomic mass is 9.80. The van der Waals surface area contributed by atoms with Crippen molar-refractivity contribution in [2.24, 2.45) is 5.92 Å². The van der Waals surface area contributed by atoms with Gasteiger partial charge in [0.15, 0.2) is 0 Å². The molecular weight excluding hydrogens is 236 g/mol. The number of hydrogen-bond acceptors (Lipinski definition) is 2. The molecule has 0 saturated heterocycles. The largest absolute Gasteiger partial charge is 0.279 e. The Balaban J connectivity index is 1.98. The van der Waals surface area contributed by atoms with E-state index in [0.717, 1.165) is 25.7 Å². The third kappa shape index (κ3) is 3.42. The Morgan fingerprint density at radius 1 is 1.35 bits per heavy atom. The van der Waals surface area contributed by atoms with E-state index in [-0.39, 0.29) is 5.54 Å². The Hall–Kier alpha value is -0.130. The molecule has 0 amide bonds. The molecule has 0 atom stereocenters. The molecule has 5 heteroatoms. The quantitative estimate of drug-likeness (QED) is 0.760. The first-order valence-electron chi connectivity index (χ1n) is 6.74. The van der Waals surface area contributed by atoms with Gasteiger partial charge in [-0.25, -0.2) is 0 Å². The van der Waals surface area contributed by atoms with Crippen molar-refractivity contribution in [1.29, 1.82) is 0 Å². The summed E-state index contributed by atoms with van der Waals surface area (Å²) in [6.45, 7) is 5.39. The zero-order valence-corrected chi connectivity index (χ0v) is 11.7. The first-order chi connectivity index (χ1) is 7.95. The fraction of sp³-hybridized carbons (Fsp3) is 1.00. The summed E-state index contributed by atoms with van der Waals surface area (Å²) in [6.07, 6.45) is 6.32. The van der Waals surface area contributed by atoms with E-state index in [1.807, 2.05) is 13.8 Å². The van der Waals surface area contributed by atoms with Crippen molar-refractivity contribution in [3.8, 4) is 0 Å². The maximum absolute atomic E-state index is 12.3. The highest BCUT2D eigenvalue weighted by molar-refractivity contribution is 7.87. The Bertz CT molecular complexity index is 359. The minimum absolute atomic E-state index is 0.186. The standard InChI is InChI=1S/C12H24N2O2S/c1-3-9-14(10-11-5-6-11)17(15,16)13-12(2)7-4-8-12/h11,13H,3-10H2,1-2H3. The Kier molecular flexibility index (Phi) is 3.80. The molecule has 2 fully saturated rings. The number of nitrogens with zero attached hydrogens (tertiary/aromatic N) is 1. The molecule has 2 aliphatic carbocycles. The van der Waals surface area contributed by atoms with Crippen LogP contribution in [0.1, 0.15) is 52.4 Å². The van der Waals surface area contributed by atoms with Crippen LogP contribution in [0.3, 0.4) is 0 Å². The van der Waals surface area contributed by atoms with Crippen LogP contribution in [0.15, 0.2) is 0 Å². The van der Waals surface area contributed by atoms with Crippen molar-refractivity contribution < 1.29 is 8.42 Å². The normalized spacial score (nSPS) is 23.7. The molecule has 0 aromatic heterocycles. The monoisotopic (exact) mass is 260 g/mol. The second-order valence-electron chi connectivity index (χ2n) is 5.82. The zero-order valence-electron chi connectivity index (χ0n) is 10.9. The van der Waals surface area contributed by atoms with Gasteiger partial charge >= 0.3 is 0 Å². The second-order valence-corrected chi connectivity index (χ2v) is 7.49. The summed E-state index contributed by atoms with van der Waals surface area (Å²) in [5.74, 6) is 0.604. The van der Waals surface area contributed by atoms with Crippen LogP contribution in [0.2, 0.25) is 0 Å². The SMILES string of the molecule is CCCN(CC1CC1)S(=O)(=O)NC1(C)CCC1. The zero-order chi connectivity index (χ0) is 12.5. The Labute approximate surface area is 105 Å². The van der Waals surface area contributed by atoms with E-state index in [0.29, 0.717) is 19.0 Å². The van der Waals surface area contributed by atoms with Gasteiger partial charge in [0.05, 0.1) is 0 Å². The highest BCUT2D eigenvalue weighted by atomic mass is 32.2. The lowest BCUT2D eigenvalue weighted by Crippen LogP contribution is -2.55. The van der Waals surface area contributed by atoms with Gasteiger partial charge in [-0.3, -0.25) is 0 Å². The summed E-state index contributed by atoms with van der Waals surface area (Å²) in [7, 11) is -3.27. The van der Waals surface area contributed by atoms with Gasteiger partial charge < -0.3 is 0 Å². The van der Waals surface area contributed by atoms with Crippen molar-refractivity contribution >= 4 is 10.2 Å². The lowest BCUT2D eigenvalue weighted by Gasteiger charge is -2.40. The van der Waals surface area contributed by atoms with Crippen LogP contribution in [0.25, 0.3) is 0 Å². The number of nitrogens with one attached hydrogen (secondary N) is 1. The number of rotatable bonds is 7. The van der Waals surface area contributed by atoms with Crippen molar-refractivity contribution in [2.75, 3.05) is 13.1 Å². The molecule has 17 heavy (non-hydrogen) atoms. The average Bonchev–Trinajstić information content (AvgIpc) is 2.98. The van der Waals surface area contributed by atoms with E-state index >= 15 is 0 Å².